The third-order valence-electron chi connectivity index (χ3n) is 2.69. The zero-order valence-corrected chi connectivity index (χ0v) is 10.2. The number of carbonyl (C=O) groups is 1. The van der Waals surface area contributed by atoms with Gasteiger partial charge in [0, 0.05) is 30.9 Å². The molecule has 1 aromatic heterocycles. The van der Waals surface area contributed by atoms with Crippen molar-refractivity contribution in [3.8, 4) is 0 Å². The molecule has 1 heterocycles. The normalized spacial score (nSPS) is 10.5. The van der Waals surface area contributed by atoms with Crippen LogP contribution in [0.2, 0.25) is 0 Å². The van der Waals surface area contributed by atoms with Crippen LogP contribution in [-0.2, 0) is 0 Å². The Labute approximate surface area is 100 Å². The second-order valence-electron chi connectivity index (χ2n) is 4.24. The van der Waals surface area contributed by atoms with Crippen LogP contribution in [0.3, 0.4) is 0 Å². The molecule has 1 amide bonds. The number of para-hydroxylation sites is 1. The Morgan fingerprint density at radius 1 is 1.35 bits per heavy atom. The smallest absolute Gasteiger partial charge is 0.250 e. The van der Waals surface area contributed by atoms with Crippen LogP contribution >= 0.6 is 0 Å². The Hall–Kier alpha value is -2.10. The summed E-state index contributed by atoms with van der Waals surface area (Å²) in [7, 11) is 3.93. The minimum atomic E-state index is -0.446. The molecule has 0 atom stereocenters. The fraction of sp³-hybridized carbons (Fsp3) is 0.231. The van der Waals surface area contributed by atoms with Crippen molar-refractivity contribution >= 4 is 22.5 Å². The molecule has 0 spiro atoms. The van der Waals surface area contributed by atoms with Gasteiger partial charge in [0.05, 0.1) is 11.1 Å². The molecule has 2 N–H and O–H groups in total. The van der Waals surface area contributed by atoms with Crippen LogP contribution in [0.15, 0.2) is 24.3 Å². The molecular formula is C13H15N3O. The van der Waals surface area contributed by atoms with E-state index in [1.165, 1.54) is 0 Å². The zero-order valence-electron chi connectivity index (χ0n) is 10.2. The monoisotopic (exact) mass is 229 g/mol. The molecule has 4 heteroatoms. The third-order valence-corrected chi connectivity index (χ3v) is 2.69. The number of rotatable bonds is 2. The summed E-state index contributed by atoms with van der Waals surface area (Å²) in [5.74, 6) is -0.446. The van der Waals surface area contributed by atoms with Gasteiger partial charge in [-0.3, -0.25) is 9.78 Å². The number of pyridine rings is 1. The van der Waals surface area contributed by atoms with Gasteiger partial charge < -0.3 is 10.6 Å². The van der Waals surface area contributed by atoms with Crippen molar-refractivity contribution in [3.05, 3.63) is 35.5 Å². The zero-order chi connectivity index (χ0) is 12.6. The minimum absolute atomic E-state index is 0.446. The Morgan fingerprint density at radius 3 is 2.65 bits per heavy atom. The number of fused-ring (bicyclic) bond motifs is 1. The molecule has 0 saturated heterocycles. The predicted octanol–water partition coefficient (Wildman–Crippen LogP) is 1.71. The molecule has 88 valence electrons. The maximum Gasteiger partial charge on any atom is 0.250 e. The summed E-state index contributed by atoms with van der Waals surface area (Å²) in [4.78, 5) is 17.8. The highest BCUT2D eigenvalue weighted by atomic mass is 16.1. The van der Waals surface area contributed by atoms with E-state index in [4.69, 9.17) is 5.73 Å². The summed E-state index contributed by atoms with van der Waals surface area (Å²) in [6.07, 6.45) is 0. The molecular weight excluding hydrogens is 214 g/mol. The van der Waals surface area contributed by atoms with Crippen LogP contribution in [0, 0.1) is 6.92 Å². The van der Waals surface area contributed by atoms with Crippen LogP contribution in [0.1, 0.15) is 16.1 Å². The number of hydrogen-bond donors (Lipinski definition) is 1. The molecule has 0 saturated carbocycles. The van der Waals surface area contributed by atoms with Gasteiger partial charge in [0.25, 0.3) is 5.91 Å². The SMILES string of the molecule is Cc1cc(N(C)C)c2cccc(C(N)=O)c2n1. The van der Waals surface area contributed by atoms with E-state index in [1.54, 1.807) is 6.07 Å². The van der Waals surface area contributed by atoms with Crippen molar-refractivity contribution in [2.75, 3.05) is 19.0 Å². The second kappa shape index (κ2) is 4.05. The summed E-state index contributed by atoms with van der Waals surface area (Å²) >= 11 is 0. The lowest BCUT2D eigenvalue weighted by molar-refractivity contribution is 0.100. The van der Waals surface area contributed by atoms with Gasteiger partial charge in [0.1, 0.15) is 0 Å². The minimum Gasteiger partial charge on any atom is -0.377 e. The van der Waals surface area contributed by atoms with Crippen LogP contribution in [0.4, 0.5) is 5.69 Å². The van der Waals surface area contributed by atoms with Gasteiger partial charge >= 0.3 is 0 Å². The first kappa shape index (κ1) is 11.4. The Bertz CT molecular complexity index is 590. The van der Waals surface area contributed by atoms with Gasteiger partial charge in [0.2, 0.25) is 0 Å². The first-order valence-corrected chi connectivity index (χ1v) is 5.38. The van der Waals surface area contributed by atoms with Crippen molar-refractivity contribution in [1.29, 1.82) is 0 Å². The molecule has 2 rings (SSSR count). The molecule has 0 fully saturated rings. The number of carbonyl (C=O) groups excluding carboxylic acids is 1. The molecule has 0 unspecified atom stereocenters. The summed E-state index contributed by atoms with van der Waals surface area (Å²) in [5.41, 5.74) is 8.41. The van der Waals surface area contributed by atoms with Gasteiger partial charge in [-0.25, -0.2) is 0 Å². The summed E-state index contributed by atoms with van der Waals surface area (Å²) in [6, 6.07) is 7.47. The number of nitrogens with two attached hydrogens (primary N) is 1. The first-order valence-electron chi connectivity index (χ1n) is 5.38. The number of aromatic nitrogens is 1. The average Bonchev–Trinajstić information content (AvgIpc) is 2.26. The van der Waals surface area contributed by atoms with Crippen LogP contribution in [0.25, 0.3) is 10.9 Å². The molecule has 0 bridgehead atoms. The molecule has 0 aliphatic carbocycles. The van der Waals surface area contributed by atoms with E-state index in [1.807, 2.05) is 44.1 Å². The quantitative estimate of drug-likeness (QED) is 0.852. The van der Waals surface area contributed by atoms with Gasteiger partial charge in [0.15, 0.2) is 0 Å². The molecule has 0 aliphatic heterocycles. The lowest BCUT2D eigenvalue weighted by Crippen LogP contribution is -2.14. The fourth-order valence-electron chi connectivity index (χ4n) is 1.92. The summed E-state index contributed by atoms with van der Waals surface area (Å²) in [5, 5.41) is 0.942. The fourth-order valence-corrected chi connectivity index (χ4v) is 1.92. The molecule has 0 radical (unpaired) electrons. The van der Waals surface area contributed by atoms with E-state index < -0.39 is 5.91 Å². The van der Waals surface area contributed by atoms with E-state index >= 15 is 0 Å². The van der Waals surface area contributed by atoms with Gasteiger partial charge in [-0.15, -0.1) is 0 Å². The summed E-state index contributed by atoms with van der Waals surface area (Å²) in [6.45, 7) is 1.91. The number of aryl methyl sites for hydroxylation is 1. The maximum atomic E-state index is 11.4. The van der Waals surface area contributed by atoms with Crippen LogP contribution in [-0.4, -0.2) is 25.0 Å². The standard InChI is InChI=1S/C13H15N3O/c1-8-7-11(16(2)3)9-5-4-6-10(13(14)17)12(9)15-8/h4-7H,1-3H3,(H2,14,17). The number of hydrogen-bond acceptors (Lipinski definition) is 3. The largest absolute Gasteiger partial charge is 0.377 e. The Balaban J connectivity index is 2.88. The van der Waals surface area contributed by atoms with Crippen molar-refractivity contribution in [3.63, 3.8) is 0 Å². The van der Waals surface area contributed by atoms with E-state index in [0.29, 0.717) is 11.1 Å². The topological polar surface area (TPSA) is 59.2 Å². The predicted molar refractivity (Wildman–Crippen MR) is 69.3 cm³/mol. The van der Waals surface area contributed by atoms with Crippen molar-refractivity contribution in [2.24, 2.45) is 5.73 Å². The van der Waals surface area contributed by atoms with E-state index in [0.717, 1.165) is 16.8 Å². The lowest BCUT2D eigenvalue weighted by atomic mass is 10.1. The lowest BCUT2D eigenvalue weighted by Gasteiger charge is -2.16. The Morgan fingerprint density at radius 2 is 2.06 bits per heavy atom. The molecule has 17 heavy (non-hydrogen) atoms. The number of amides is 1. The average molecular weight is 229 g/mol. The molecule has 2 aromatic rings. The highest BCUT2D eigenvalue weighted by Gasteiger charge is 2.12. The maximum absolute atomic E-state index is 11.4. The van der Waals surface area contributed by atoms with Gasteiger partial charge in [-0.05, 0) is 19.1 Å². The summed E-state index contributed by atoms with van der Waals surface area (Å²) < 4.78 is 0. The van der Waals surface area contributed by atoms with Gasteiger partial charge in [-0.2, -0.15) is 0 Å². The van der Waals surface area contributed by atoms with Crippen molar-refractivity contribution in [1.82, 2.24) is 4.98 Å². The van der Waals surface area contributed by atoms with E-state index in [2.05, 4.69) is 4.98 Å². The van der Waals surface area contributed by atoms with Gasteiger partial charge in [-0.1, -0.05) is 12.1 Å². The van der Waals surface area contributed by atoms with Crippen LogP contribution in [0.5, 0.6) is 0 Å². The molecule has 4 nitrogen and oxygen atoms in total. The number of nitrogens with zero attached hydrogens (tertiary/aromatic N) is 2. The van der Waals surface area contributed by atoms with Crippen LogP contribution < -0.4 is 10.6 Å². The van der Waals surface area contributed by atoms with E-state index in [-0.39, 0.29) is 0 Å². The number of benzene rings is 1. The molecule has 0 aliphatic rings. The molecule has 1 aromatic carbocycles. The van der Waals surface area contributed by atoms with E-state index in [9.17, 15) is 4.79 Å². The highest BCUT2D eigenvalue weighted by Crippen LogP contribution is 2.27. The Kier molecular flexibility index (Phi) is 2.71. The first-order chi connectivity index (χ1) is 8.00. The number of primary amides is 1. The third kappa shape index (κ3) is 1.93. The van der Waals surface area contributed by atoms with Crippen molar-refractivity contribution < 1.29 is 4.79 Å². The second-order valence-corrected chi connectivity index (χ2v) is 4.24. The number of anilines is 1. The van der Waals surface area contributed by atoms with Crippen molar-refractivity contribution in [2.45, 2.75) is 6.92 Å². The highest BCUT2D eigenvalue weighted by molar-refractivity contribution is 6.07.